The van der Waals surface area contributed by atoms with Crippen LogP contribution in [0.3, 0.4) is 0 Å². The Morgan fingerprint density at radius 1 is 1.64 bits per heavy atom. The van der Waals surface area contributed by atoms with Gasteiger partial charge in [0.25, 0.3) is 0 Å². The van der Waals surface area contributed by atoms with Crippen LogP contribution >= 0.6 is 0 Å². The monoisotopic (exact) mass is 158 g/mol. The fourth-order valence-corrected chi connectivity index (χ4v) is 1.63. The first-order chi connectivity index (χ1) is 5.19. The highest BCUT2D eigenvalue weighted by atomic mass is 16.3. The first-order valence-electron chi connectivity index (χ1n) is 4.18. The summed E-state index contributed by atoms with van der Waals surface area (Å²) in [6.07, 6.45) is 2.48. The lowest BCUT2D eigenvalue weighted by Crippen LogP contribution is -2.45. The molecule has 3 heteroatoms. The van der Waals surface area contributed by atoms with E-state index in [4.69, 9.17) is 5.11 Å². The minimum atomic E-state index is 0.196. The maximum Gasteiger partial charge on any atom is 0.313 e. The van der Waals surface area contributed by atoms with Gasteiger partial charge in [-0.05, 0) is 0 Å². The van der Waals surface area contributed by atoms with Gasteiger partial charge in [0, 0.05) is 19.4 Å². The zero-order valence-corrected chi connectivity index (χ0v) is 7.05. The molecule has 3 nitrogen and oxygen atoms in total. The number of carbonyl (C=O) groups is 1. The molecule has 1 fully saturated rings. The SMILES string of the molecule is C[N+]1(CCCO)CCCC1=O. The van der Waals surface area contributed by atoms with Crippen LogP contribution in [0.1, 0.15) is 19.3 Å². The minimum absolute atomic E-state index is 0.196. The van der Waals surface area contributed by atoms with Crippen molar-refractivity contribution in [3.8, 4) is 0 Å². The van der Waals surface area contributed by atoms with Crippen LogP contribution in [0.5, 0.6) is 0 Å². The molecule has 1 atom stereocenters. The second-order valence-corrected chi connectivity index (χ2v) is 3.42. The summed E-state index contributed by atoms with van der Waals surface area (Å²) >= 11 is 0. The molecule has 0 bridgehead atoms. The van der Waals surface area contributed by atoms with E-state index in [1.807, 2.05) is 7.05 Å². The molecule has 0 aliphatic carbocycles. The quantitative estimate of drug-likeness (QED) is 0.593. The molecule has 0 aromatic heterocycles. The molecule has 1 amide bonds. The lowest BCUT2D eigenvalue weighted by molar-refractivity contribution is -0.826. The van der Waals surface area contributed by atoms with Gasteiger partial charge >= 0.3 is 5.91 Å². The predicted molar refractivity (Wildman–Crippen MR) is 41.9 cm³/mol. The van der Waals surface area contributed by atoms with Crippen LogP contribution in [0.4, 0.5) is 0 Å². The lowest BCUT2D eigenvalue weighted by Gasteiger charge is -2.25. The molecular formula is C8H16NO2+. The van der Waals surface area contributed by atoms with E-state index in [-0.39, 0.29) is 6.61 Å². The maximum atomic E-state index is 11.3. The molecule has 1 aliphatic heterocycles. The Kier molecular flexibility index (Phi) is 2.62. The van der Waals surface area contributed by atoms with Crippen molar-refractivity contribution in [1.29, 1.82) is 0 Å². The van der Waals surface area contributed by atoms with Gasteiger partial charge in [0.05, 0.1) is 26.6 Å². The van der Waals surface area contributed by atoms with Crippen LogP contribution < -0.4 is 0 Å². The Morgan fingerprint density at radius 3 is 2.82 bits per heavy atom. The highest BCUT2D eigenvalue weighted by Crippen LogP contribution is 2.18. The second-order valence-electron chi connectivity index (χ2n) is 3.42. The lowest BCUT2D eigenvalue weighted by atomic mass is 10.3. The van der Waals surface area contributed by atoms with E-state index in [1.54, 1.807) is 0 Å². The number of aliphatic hydroxyl groups is 1. The minimum Gasteiger partial charge on any atom is -0.396 e. The summed E-state index contributed by atoms with van der Waals surface area (Å²) in [6.45, 7) is 1.95. The Labute approximate surface area is 67.2 Å². The van der Waals surface area contributed by atoms with Gasteiger partial charge in [0.2, 0.25) is 0 Å². The molecule has 0 aromatic carbocycles. The topological polar surface area (TPSA) is 37.3 Å². The first kappa shape index (κ1) is 8.68. The first-order valence-corrected chi connectivity index (χ1v) is 4.18. The van der Waals surface area contributed by atoms with Gasteiger partial charge in [0.1, 0.15) is 0 Å². The Morgan fingerprint density at radius 2 is 2.36 bits per heavy atom. The van der Waals surface area contributed by atoms with Crippen molar-refractivity contribution < 1.29 is 14.4 Å². The molecule has 0 saturated carbocycles. The summed E-state index contributed by atoms with van der Waals surface area (Å²) in [5.74, 6) is 0.332. The van der Waals surface area contributed by atoms with Crippen LogP contribution in [0.25, 0.3) is 0 Å². The van der Waals surface area contributed by atoms with Crippen molar-refractivity contribution in [2.75, 3.05) is 26.7 Å². The zero-order valence-electron chi connectivity index (χ0n) is 7.05. The standard InChI is InChI=1S/C8H16NO2/c1-9(6-3-7-10)5-2-4-8(9)11/h10H,2-7H2,1H3/q+1. The fourth-order valence-electron chi connectivity index (χ4n) is 1.63. The molecule has 1 aliphatic rings. The van der Waals surface area contributed by atoms with Crippen molar-refractivity contribution in [3.63, 3.8) is 0 Å². The van der Waals surface area contributed by atoms with E-state index in [1.165, 1.54) is 0 Å². The van der Waals surface area contributed by atoms with Gasteiger partial charge in [-0.1, -0.05) is 0 Å². The van der Waals surface area contributed by atoms with E-state index in [2.05, 4.69) is 0 Å². The predicted octanol–water partition coefficient (Wildman–Crippen LogP) is 0.136. The summed E-state index contributed by atoms with van der Waals surface area (Å²) in [4.78, 5) is 11.3. The number of hydrogen-bond donors (Lipinski definition) is 1. The number of hydrogen-bond acceptors (Lipinski definition) is 2. The van der Waals surface area contributed by atoms with Crippen molar-refractivity contribution in [2.24, 2.45) is 0 Å². The number of likely N-dealkylation sites (tertiary alicyclic amines) is 1. The van der Waals surface area contributed by atoms with Crippen molar-refractivity contribution in [1.82, 2.24) is 0 Å². The molecule has 0 radical (unpaired) electrons. The van der Waals surface area contributed by atoms with Crippen molar-refractivity contribution >= 4 is 5.91 Å². The van der Waals surface area contributed by atoms with Gasteiger partial charge in [-0.3, -0.25) is 4.48 Å². The molecule has 1 saturated heterocycles. The van der Waals surface area contributed by atoms with Crippen molar-refractivity contribution in [2.45, 2.75) is 19.3 Å². The van der Waals surface area contributed by atoms with Gasteiger partial charge in [-0.2, -0.15) is 0 Å². The molecule has 1 heterocycles. The van der Waals surface area contributed by atoms with Crippen molar-refractivity contribution in [3.05, 3.63) is 0 Å². The van der Waals surface area contributed by atoms with E-state index >= 15 is 0 Å². The molecule has 1 unspecified atom stereocenters. The molecule has 11 heavy (non-hydrogen) atoms. The second kappa shape index (κ2) is 3.32. The van der Waals surface area contributed by atoms with Crippen LogP contribution in [-0.2, 0) is 4.79 Å². The molecule has 64 valence electrons. The van der Waals surface area contributed by atoms with Crippen LogP contribution in [-0.4, -0.2) is 42.2 Å². The normalized spacial score (nSPS) is 31.3. The third-order valence-corrected chi connectivity index (χ3v) is 2.45. The number of quaternary nitrogens is 1. The summed E-state index contributed by atoms with van der Waals surface area (Å²) in [5, 5.41) is 8.61. The highest BCUT2D eigenvalue weighted by molar-refractivity contribution is 5.70. The third-order valence-electron chi connectivity index (χ3n) is 2.45. The third kappa shape index (κ3) is 1.79. The molecule has 1 rings (SSSR count). The smallest absolute Gasteiger partial charge is 0.313 e. The van der Waals surface area contributed by atoms with Crippen LogP contribution in [0.2, 0.25) is 0 Å². The van der Waals surface area contributed by atoms with Gasteiger partial charge < -0.3 is 5.11 Å². The van der Waals surface area contributed by atoms with Gasteiger partial charge in [-0.15, -0.1) is 0 Å². The Bertz CT molecular complexity index is 158. The molecule has 1 N–H and O–H groups in total. The summed E-state index contributed by atoms with van der Waals surface area (Å²) in [6, 6.07) is 0. The molecule has 0 spiro atoms. The average Bonchev–Trinajstić information content (AvgIpc) is 2.30. The van der Waals surface area contributed by atoms with Crippen LogP contribution in [0.15, 0.2) is 0 Å². The summed E-state index contributed by atoms with van der Waals surface area (Å²) in [5.41, 5.74) is 0. The maximum absolute atomic E-state index is 11.3. The average molecular weight is 158 g/mol. The summed E-state index contributed by atoms with van der Waals surface area (Å²) in [7, 11) is 1.96. The molecule has 0 aromatic rings. The Balaban J connectivity index is 2.44. The van der Waals surface area contributed by atoms with Crippen LogP contribution in [0, 0.1) is 0 Å². The number of aliphatic hydroxyl groups excluding tert-OH is 1. The number of amides is 1. The van der Waals surface area contributed by atoms with E-state index in [0.29, 0.717) is 10.4 Å². The van der Waals surface area contributed by atoms with Gasteiger partial charge in [0.15, 0.2) is 0 Å². The molecular weight excluding hydrogens is 142 g/mol. The summed E-state index contributed by atoms with van der Waals surface area (Å²) < 4.78 is 0.542. The van der Waals surface area contributed by atoms with E-state index in [9.17, 15) is 4.79 Å². The number of nitrogens with zero attached hydrogens (tertiary/aromatic N) is 1. The number of rotatable bonds is 3. The van der Waals surface area contributed by atoms with E-state index in [0.717, 1.165) is 32.4 Å². The Hall–Kier alpha value is -0.410. The van der Waals surface area contributed by atoms with E-state index < -0.39 is 0 Å². The van der Waals surface area contributed by atoms with Gasteiger partial charge in [-0.25, -0.2) is 4.79 Å². The number of carbonyl (C=O) groups excluding carboxylic acids is 1. The fraction of sp³-hybridized carbons (Fsp3) is 0.875. The largest absolute Gasteiger partial charge is 0.396 e. The zero-order chi connectivity index (χ0) is 8.32. The highest BCUT2D eigenvalue weighted by Gasteiger charge is 2.35.